The van der Waals surface area contributed by atoms with Crippen LogP contribution in [0.2, 0.25) is 0 Å². The van der Waals surface area contributed by atoms with Crippen LogP contribution in [0.15, 0.2) is 0 Å². The number of rotatable bonds is 6. The van der Waals surface area contributed by atoms with Crippen LogP contribution in [0.1, 0.15) is 50.9 Å². The average molecular weight is 520 g/mol. The summed E-state index contributed by atoms with van der Waals surface area (Å²) in [5, 5.41) is 5.17. The second-order valence-corrected chi connectivity index (χ2v) is 12.5. The summed E-state index contributed by atoms with van der Waals surface area (Å²) in [5.41, 5.74) is 2.27. The Hall–Kier alpha value is -1.88. The van der Waals surface area contributed by atoms with E-state index in [1.165, 1.54) is 11.3 Å². The van der Waals surface area contributed by atoms with Crippen LogP contribution >= 0.6 is 0 Å². The van der Waals surface area contributed by atoms with Gasteiger partial charge in [-0.15, -0.1) is 0 Å². The van der Waals surface area contributed by atoms with Gasteiger partial charge in [-0.3, -0.25) is 9.58 Å². The van der Waals surface area contributed by atoms with Crippen molar-refractivity contribution in [3.05, 3.63) is 11.3 Å². The van der Waals surface area contributed by atoms with E-state index < -0.39 is 5.60 Å². The highest BCUT2D eigenvalue weighted by Crippen LogP contribution is 2.54. The number of carbonyl (C=O) groups excluding carboxylic acids is 1. The molecule has 1 aromatic heterocycles. The lowest BCUT2D eigenvalue weighted by atomic mass is 9.61. The van der Waals surface area contributed by atoms with Crippen molar-refractivity contribution in [3.63, 3.8) is 0 Å². The zero-order valence-electron chi connectivity index (χ0n) is 23.5. The fourth-order valence-corrected chi connectivity index (χ4v) is 6.43. The van der Waals surface area contributed by atoms with Gasteiger partial charge in [-0.2, -0.15) is 5.10 Å². The predicted molar refractivity (Wildman–Crippen MR) is 140 cm³/mol. The van der Waals surface area contributed by atoms with Gasteiger partial charge in [0, 0.05) is 63.1 Å². The average Bonchev–Trinajstić information content (AvgIpc) is 3.06. The lowest BCUT2D eigenvalue weighted by Crippen LogP contribution is -2.64. The van der Waals surface area contributed by atoms with Crippen molar-refractivity contribution in [3.8, 4) is 0 Å². The summed E-state index contributed by atoms with van der Waals surface area (Å²) < 4.78 is 24.9. The Kier molecular flexibility index (Phi) is 7.48. The summed E-state index contributed by atoms with van der Waals surface area (Å²) in [5.74, 6) is 1.08. The molecular formula is C27H45N5O5. The molecule has 0 aromatic carbocycles. The number of carbonyl (C=O) groups is 1. The molecule has 1 spiro atoms. The smallest absolute Gasteiger partial charge is 0.410 e. The monoisotopic (exact) mass is 519 g/mol. The number of ether oxygens (including phenoxy) is 4. The summed E-state index contributed by atoms with van der Waals surface area (Å²) in [7, 11) is 1.78. The molecule has 5 rings (SSSR count). The molecule has 4 heterocycles. The molecule has 1 saturated carbocycles. The van der Waals surface area contributed by atoms with Crippen LogP contribution in [0, 0.1) is 19.3 Å². The molecule has 0 bridgehead atoms. The number of hydrogen-bond donors (Lipinski definition) is 0. The van der Waals surface area contributed by atoms with E-state index in [1.54, 1.807) is 7.11 Å². The van der Waals surface area contributed by atoms with Crippen molar-refractivity contribution in [2.75, 3.05) is 77.7 Å². The van der Waals surface area contributed by atoms with E-state index in [0.717, 1.165) is 57.9 Å². The maximum Gasteiger partial charge on any atom is 0.410 e. The Bertz CT molecular complexity index is 955. The second-order valence-electron chi connectivity index (χ2n) is 12.5. The first kappa shape index (κ1) is 26.7. The molecule has 3 saturated heterocycles. The highest BCUT2D eigenvalue weighted by Gasteiger charge is 2.55. The van der Waals surface area contributed by atoms with Gasteiger partial charge in [0.05, 0.1) is 44.6 Å². The zero-order valence-corrected chi connectivity index (χ0v) is 23.5. The van der Waals surface area contributed by atoms with Gasteiger partial charge in [0.1, 0.15) is 5.60 Å². The number of piperazine rings is 1. The van der Waals surface area contributed by atoms with E-state index in [0.29, 0.717) is 32.5 Å². The van der Waals surface area contributed by atoms with Gasteiger partial charge >= 0.3 is 6.09 Å². The molecule has 208 valence electrons. The number of nitrogens with zero attached hydrogens (tertiary/aromatic N) is 5. The minimum absolute atomic E-state index is 0.148. The summed E-state index contributed by atoms with van der Waals surface area (Å²) in [6.45, 7) is 18.1. The Morgan fingerprint density at radius 3 is 2.57 bits per heavy atom. The molecule has 0 radical (unpaired) electrons. The number of likely N-dealkylation sites (tertiary alicyclic amines) is 1. The van der Waals surface area contributed by atoms with Gasteiger partial charge in [-0.25, -0.2) is 4.79 Å². The van der Waals surface area contributed by atoms with E-state index in [-0.39, 0.29) is 23.7 Å². The molecule has 4 aliphatic rings. The molecular weight excluding hydrogens is 474 g/mol. The second kappa shape index (κ2) is 10.4. The standard InChI is InChI=1S/C27H45N5O5/c1-19-20(2)32(21-11-27(12-21)17-30(18-27)25(33)37-26(3,4)5)28-24(19)31-8-7-29(13-22(31)15-34-6)14-23-16-35-9-10-36-23/h21-23H,7-18H2,1-6H3. The first-order valence-corrected chi connectivity index (χ1v) is 13.8. The van der Waals surface area contributed by atoms with Crippen LogP contribution in [0.3, 0.4) is 0 Å². The SMILES string of the molecule is COCC1CN(CC2COCCO2)CCN1c1nn(C2CC3(C2)CN(C(=O)OC(C)(C)C)C3)c(C)c1C. The molecule has 4 fully saturated rings. The molecule has 10 nitrogen and oxygen atoms in total. The van der Waals surface area contributed by atoms with Crippen molar-refractivity contribution >= 4 is 11.9 Å². The van der Waals surface area contributed by atoms with Gasteiger partial charge in [0.25, 0.3) is 0 Å². The van der Waals surface area contributed by atoms with Crippen LogP contribution in [0.25, 0.3) is 0 Å². The highest BCUT2D eigenvalue weighted by atomic mass is 16.6. The largest absolute Gasteiger partial charge is 0.444 e. The quantitative estimate of drug-likeness (QED) is 0.568. The molecule has 1 amide bonds. The molecule has 3 aliphatic heterocycles. The molecule has 0 N–H and O–H groups in total. The van der Waals surface area contributed by atoms with Crippen molar-refractivity contribution < 1.29 is 23.7 Å². The van der Waals surface area contributed by atoms with Crippen LogP contribution < -0.4 is 4.90 Å². The lowest BCUT2D eigenvalue weighted by molar-refractivity contribution is -0.0989. The van der Waals surface area contributed by atoms with E-state index in [4.69, 9.17) is 24.0 Å². The predicted octanol–water partition coefficient (Wildman–Crippen LogP) is 2.62. The summed E-state index contributed by atoms with van der Waals surface area (Å²) in [4.78, 5) is 19.1. The van der Waals surface area contributed by atoms with Gasteiger partial charge < -0.3 is 28.7 Å². The Morgan fingerprint density at radius 2 is 1.92 bits per heavy atom. The summed E-state index contributed by atoms with van der Waals surface area (Å²) in [6, 6.07) is 0.630. The van der Waals surface area contributed by atoms with Gasteiger partial charge in [-0.05, 0) is 47.5 Å². The van der Waals surface area contributed by atoms with Crippen molar-refractivity contribution in [1.82, 2.24) is 19.6 Å². The fraction of sp³-hybridized carbons (Fsp3) is 0.852. The fourth-order valence-electron chi connectivity index (χ4n) is 6.43. The number of methoxy groups -OCH3 is 1. The Morgan fingerprint density at radius 1 is 1.16 bits per heavy atom. The van der Waals surface area contributed by atoms with Gasteiger partial charge in [-0.1, -0.05) is 0 Å². The normalized spacial score (nSPS) is 26.8. The molecule has 1 aromatic rings. The van der Waals surface area contributed by atoms with Crippen LogP contribution in [-0.2, 0) is 18.9 Å². The number of anilines is 1. The third-order valence-corrected chi connectivity index (χ3v) is 8.36. The van der Waals surface area contributed by atoms with Crippen LogP contribution in [0.5, 0.6) is 0 Å². The topological polar surface area (TPSA) is 81.5 Å². The van der Waals surface area contributed by atoms with Crippen LogP contribution in [0.4, 0.5) is 10.6 Å². The van der Waals surface area contributed by atoms with Crippen LogP contribution in [-0.4, -0.2) is 116 Å². The van der Waals surface area contributed by atoms with E-state index in [1.807, 2.05) is 25.7 Å². The van der Waals surface area contributed by atoms with Crippen molar-refractivity contribution in [2.45, 2.75) is 71.2 Å². The molecule has 1 aliphatic carbocycles. The lowest BCUT2D eigenvalue weighted by Gasteiger charge is -2.58. The minimum Gasteiger partial charge on any atom is -0.444 e. The van der Waals surface area contributed by atoms with Crippen molar-refractivity contribution in [1.29, 1.82) is 0 Å². The molecule has 37 heavy (non-hydrogen) atoms. The molecule has 2 atom stereocenters. The first-order valence-electron chi connectivity index (χ1n) is 13.8. The van der Waals surface area contributed by atoms with E-state index in [2.05, 4.69) is 28.3 Å². The number of hydrogen-bond acceptors (Lipinski definition) is 8. The first-order chi connectivity index (χ1) is 17.6. The van der Waals surface area contributed by atoms with Gasteiger partial charge in [0.15, 0.2) is 5.82 Å². The minimum atomic E-state index is -0.452. The Labute approximate surface area is 221 Å². The third-order valence-electron chi connectivity index (χ3n) is 8.36. The maximum absolute atomic E-state index is 12.4. The van der Waals surface area contributed by atoms with E-state index >= 15 is 0 Å². The zero-order chi connectivity index (χ0) is 26.4. The number of amides is 1. The Balaban J connectivity index is 1.20. The summed E-state index contributed by atoms with van der Waals surface area (Å²) in [6.07, 6.45) is 2.08. The number of aromatic nitrogens is 2. The highest BCUT2D eigenvalue weighted by molar-refractivity contribution is 5.69. The molecule has 10 heteroatoms. The summed E-state index contributed by atoms with van der Waals surface area (Å²) >= 11 is 0. The van der Waals surface area contributed by atoms with Crippen molar-refractivity contribution in [2.24, 2.45) is 5.41 Å². The molecule has 2 unspecified atom stereocenters. The third kappa shape index (κ3) is 5.62. The van der Waals surface area contributed by atoms with Gasteiger partial charge in [0.2, 0.25) is 0 Å². The maximum atomic E-state index is 12.4. The van der Waals surface area contributed by atoms with E-state index in [9.17, 15) is 4.79 Å².